The Morgan fingerprint density at radius 3 is 2.69 bits per heavy atom. The van der Waals surface area contributed by atoms with Crippen LogP contribution >= 0.6 is 22.6 Å². The lowest BCUT2D eigenvalue weighted by Crippen LogP contribution is -1.86. The highest BCUT2D eigenvalue weighted by molar-refractivity contribution is 14.1. The molecule has 0 saturated carbocycles. The summed E-state index contributed by atoms with van der Waals surface area (Å²) in [6.07, 6.45) is 5.78. The van der Waals surface area contributed by atoms with Gasteiger partial charge >= 0.3 is 0 Å². The molecule has 16 heavy (non-hydrogen) atoms. The molecule has 0 aliphatic heterocycles. The predicted molar refractivity (Wildman–Crippen MR) is 71.1 cm³/mol. The monoisotopic (exact) mass is 321 g/mol. The van der Waals surface area contributed by atoms with Crippen LogP contribution in [0.4, 0.5) is 0 Å². The maximum atomic E-state index is 4.52. The fourth-order valence-corrected chi connectivity index (χ4v) is 2.06. The number of imidazole rings is 1. The first-order valence-corrected chi connectivity index (χ1v) is 5.96. The van der Waals surface area contributed by atoms with Crippen LogP contribution in [0.1, 0.15) is 0 Å². The zero-order valence-electron chi connectivity index (χ0n) is 8.34. The summed E-state index contributed by atoms with van der Waals surface area (Å²) < 4.78 is 2.96. The molecule has 0 saturated heterocycles. The second-order valence-electron chi connectivity index (χ2n) is 3.47. The number of fused-ring (bicyclic) bond motifs is 1. The molecule has 3 rings (SSSR count). The van der Waals surface area contributed by atoms with E-state index in [0.717, 1.165) is 20.6 Å². The van der Waals surface area contributed by atoms with Gasteiger partial charge in [-0.15, -0.1) is 0 Å². The van der Waals surface area contributed by atoms with E-state index in [1.54, 1.807) is 6.20 Å². The minimum atomic E-state index is 0.874. The molecule has 0 aliphatic carbocycles. The maximum absolute atomic E-state index is 4.52. The Balaban J connectivity index is 2.19. The van der Waals surface area contributed by atoms with E-state index in [9.17, 15) is 0 Å². The summed E-state index contributed by atoms with van der Waals surface area (Å²) in [5.74, 6) is 0. The van der Waals surface area contributed by atoms with E-state index >= 15 is 0 Å². The Bertz CT molecular complexity index is 631. The fraction of sp³-hybridized carbons (Fsp3) is 0. The van der Waals surface area contributed by atoms with E-state index < -0.39 is 0 Å². The molecule has 0 N–H and O–H groups in total. The third-order valence-corrected chi connectivity index (χ3v) is 2.94. The van der Waals surface area contributed by atoms with E-state index in [-0.39, 0.29) is 0 Å². The van der Waals surface area contributed by atoms with Gasteiger partial charge in [0.2, 0.25) is 0 Å². The van der Waals surface area contributed by atoms with Gasteiger partial charge in [0, 0.05) is 18.0 Å². The van der Waals surface area contributed by atoms with Gasteiger partial charge in [0.05, 0.1) is 11.9 Å². The molecule has 0 unspecified atom stereocenters. The van der Waals surface area contributed by atoms with Crippen LogP contribution in [0.15, 0.2) is 48.9 Å². The molecule has 1 aromatic carbocycles. The van der Waals surface area contributed by atoms with Crippen molar-refractivity contribution in [2.24, 2.45) is 0 Å². The first-order chi connectivity index (χ1) is 7.83. The lowest BCUT2D eigenvalue weighted by Gasteiger charge is -1.92. The number of rotatable bonds is 1. The summed E-state index contributed by atoms with van der Waals surface area (Å²) in [6, 6.07) is 10.1. The second-order valence-corrected chi connectivity index (χ2v) is 4.57. The second kappa shape index (κ2) is 3.86. The van der Waals surface area contributed by atoms with Crippen LogP contribution < -0.4 is 0 Å². The lowest BCUT2D eigenvalue weighted by atomic mass is 10.2. The first kappa shape index (κ1) is 9.77. The molecule has 78 valence electrons. The number of benzene rings is 1. The number of hydrogen-bond donors (Lipinski definition) is 0. The van der Waals surface area contributed by atoms with Crippen LogP contribution in [-0.2, 0) is 0 Å². The molecule has 3 nitrogen and oxygen atoms in total. The average Bonchev–Trinajstić information content (AvgIpc) is 2.73. The lowest BCUT2D eigenvalue weighted by molar-refractivity contribution is 1.10. The van der Waals surface area contributed by atoms with Crippen LogP contribution in [0, 0.1) is 3.70 Å². The van der Waals surface area contributed by atoms with Crippen molar-refractivity contribution in [1.29, 1.82) is 0 Å². The van der Waals surface area contributed by atoms with Crippen LogP contribution in [0.25, 0.3) is 16.9 Å². The van der Waals surface area contributed by atoms with Crippen molar-refractivity contribution >= 4 is 28.2 Å². The third kappa shape index (κ3) is 1.69. The predicted octanol–water partition coefficient (Wildman–Crippen LogP) is 3.00. The minimum Gasteiger partial charge on any atom is -0.303 e. The van der Waals surface area contributed by atoms with Crippen molar-refractivity contribution in [1.82, 2.24) is 14.4 Å². The molecule has 0 spiro atoms. The van der Waals surface area contributed by atoms with Crippen LogP contribution in [0.5, 0.6) is 0 Å². The summed E-state index contributed by atoms with van der Waals surface area (Å²) >= 11 is 2.19. The zero-order chi connectivity index (χ0) is 11.0. The quantitative estimate of drug-likeness (QED) is 0.645. The third-order valence-electron chi connectivity index (χ3n) is 2.38. The topological polar surface area (TPSA) is 30.2 Å². The maximum Gasteiger partial charge on any atom is 0.156 e. The number of aromatic nitrogens is 3. The highest BCUT2D eigenvalue weighted by atomic mass is 127. The van der Waals surface area contributed by atoms with Gasteiger partial charge < -0.3 is 4.40 Å². The van der Waals surface area contributed by atoms with Crippen molar-refractivity contribution in [3.8, 4) is 11.3 Å². The molecule has 0 aliphatic rings. The van der Waals surface area contributed by atoms with Gasteiger partial charge in [-0.3, -0.25) is 0 Å². The number of hydrogen-bond acceptors (Lipinski definition) is 2. The molecule has 2 heterocycles. The van der Waals surface area contributed by atoms with Gasteiger partial charge in [-0.2, -0.15) is 0 Å². The van der Waals surface area contributed by atoms with Crippen molar-refractivity contribution in [2.45, 2.75) is 0 Å². The molecular formula is C12H8IN3. The Labute approximate surface area is 106 Å². The Morgan fingerprint density at radius 1 is 1.06 bits per heavy atom. The van der Waals surface area contributed by atoms with Crippen LogP contribution in [0.3, 0.4) is 0 Å². The average molecular weight is 321 g/mol. The van der Waals surface area contributed by atoms with Gasteiger partial charge in [-0.25, -0.2) is 9.97 Å². The molecule has 0 radical (unpaired) electrons. The van der Waals surface area contributed by atoms with E-state index in [1.165, 1.54) is 0 Å². The molecule has 0 bridgehead atoms. The van der Waals surface area contributed by atoms with E-state index in [2.05, 4.69) is 44.7 Å². The first-order valence-electron chi connectivity index (χ1n) is 4.88. The van der Waals surface area contributed by atoms with Crippen LogP contribution in [0.2, 0.25) is 0 Å². The largest absolute Gasteiger partial charge is 0.303 e. The summed E-state index contributed by atoms with van der Waals surface area (Å²) in [6.45, 7) is 0. The van der Waals surface area contributed by atoms with Gasteiger partial charge in [-0.05, 0) is 22.6 Å². The fourth-order valence-electron chi connectivity index (χ4n) is 1.62. The van der Waals surface area contributed by atoms with Crippen molar-refractivity contribution in [2.75, 3.05) is 0 Å². The molecule has 2 aromatic heterocycles. The molecular weight excluding hydrogens is 313 g/mol. The van der Waals surface area contributed by atoms with Crippen molar-refractivity contribution in [3.05, 3.63) is 52.6 Å². The normalized spacial score (nSPS) is 10.8. The molecule has 3 aromatic rings. The number of nitrogens with zero attached hydrogens (tertiary/aromatic N) is 3. The Morgan fingerprint density at radius 2 is 1.88 bits per heavy atom. The van der Waals surface area contributed by atoms with Crippen molar-refractivity contribution < 1.29 is 0 Å². The van der Waals surface area contributed by atoms with Gasteiger partial charge in [0.15, 0.2) is 5.65 Å². The SMILES string of the molecule is Ic1cn2cc(-c3ccccc3)nc2cn1. The Hall–Kier alpha value is -1.43. The highest BCUT2D eigenvalue weighted by Crippen LogP contribution is 2.18. The van der Waals surface area contributed by atoms with Crippen LogP contribution in [-0.4, -0.2) is 14.4 Å². The van der Waals surface area contributed by atoms with E-state index in [4.69, 9.17) is 0 Å². The van der Waals surface area contributed by atoms with E-state index in [0.29, 0.717) is 0 Å². The van der Waals surface area contributed by atoms with Gasteiger partial charge in [0.25, 0.3) is 0 Å². The molecule has 4 heteroatoms. The number of halogens is 1. The molecule has 0 fully saturated rings. The zero-order valence-corrected chi connectivity index (χ0v) is 10.5. The minimum absolute atomic E-state index is 0.874. The molecule has 0 atom stereocenters. The van der Waals surface area contributed by atoms with Crippen molar-refractivity contribution in [3.63, 3.8) is 0 Å². The summed E-state index contributed by atoms with van der Waals surface area (Å²) in [5.41, 5.74) is 2.98. The summed E-state index contributed by atoms with van der Waals surface area (Å²) in [5, 5.41) is 0. The standard InChI is InChI=1S/C12H8IN3/c13-11-8-16-7-10(15-12(16)6-14-11)9-4-2-1-3-5-9/h1-8H. The smallest absolute Gasteiger partial charge is 0.156 e. The molecule has 0 amide bonds. The van der Waals surface area contributed by atoms with E-state index in [1.807, 2.05) is 35.0 Å². The highest BCUT2D eigenvalue weighted by Gasteiger charge is 2.03. The van der Waals surface area contributed by atoms with Gasteiger partial charge in [-0.1, -0.05) is 30.3 Å². The Kier molecular flexibility index (Phi) is 2.36. The summed E-state index contributed by atoms with van der Waals surface area (Å²) in [7, 11) is 0. The summed E-state index contributed by atoms with van der Waals surface area (Å²) in [4.78, 5) is 8.74. The van der Waals surface area contributed by atoms with Gasteiger partial charge in [0.1, 0.15) is 3.70 Å².